The van der Waals surface area contributed by atoms with Crippen molar-refractivity contribution < 1.29 is 14.7 Å². The molecule has 1 saturated heterocycles. The van der Waals surface area contributed by atoms with Crippen LogP contribution in [0.3, 0.4) is 0 Å². The highest BCUT2D eigenvalue weighted by molar-refractivity contribution is 5.81. The van der Waals surface area contributed by atoms with E-state index in [1.165, 1.54) is 0 Å². The van der Waals surface area contributed by atoms with E-state index >= 15 is 0 Å². The lowest BCUT2D eigenvalue weighted by atomic mass is 10.1. The van der Waals surface area contributed by atoms with Crippen LogP contribution in [0.1, 0.15) is 18.0 Å². The topological polar surface area (TPSA) is 76.6 Å². The van der Waals surface area contributed by atoms with Gasteiger partial charge in [-0.15, -0.1) is 0 Å². The second-order valence-electron chi connectivity index (χ2n) is 4.95. The number of carbonyl (C=O) groups is 2. The van der Waals surface area contributed by atoms with Gasteiger partial charge in [0.15, 0.2) is 0 Å². The van der Waals surface area contributed by atoms with Crippen LogP contribution < -0.4 is 0 Å². The van der Waals surface area contributed by atoms with Crippen molar-refractivity contribution in [2.45, 2.75) is 18.5 Å². The number of amides is 2. The minimum Gasteiger partial charge on any atom is -0.481 e. The average Bonchev–Trinajstić information content (AvgIpc) is 2.84. The lowest BCUT2D eigenvalue weighted by Gasteiger charge is -2.16. The standard InChI is InChI=1S/C12H15N3O3/c1-14-10(7-2-3-13-5-7)6-15(12(14)18)9-4-8(9)11(16)17/h2-3,5,8-10,13H,4,6H2,1H3,(H,16,17). The van der Waals surface area contributed by atoms with Crippen LogP contribution >= 0.6 is 0 Å². The fourth-order valence-electron chi connectivity index (χ4n) is 2.66. The molecule has 1 aliphatic heterocycles. The number of nitrogens with one attached hydrogen (secondary N) is 1. The Balaban J connectivity index is 1.76. The fourth-order valence-corrected chi connectivity index (χ4v) is 2.66. The number of hydrogen-bond donors (Lipinski definition) is 2. The van der Waals surface area contributed by atoms with Crippen LogP contribution in [0.15, 0.2) is 18.5 Å². The Hall–Kier alpha value is -1.98. The van der Waals surface area contributed by atoms with E-state index in [9.17, 15) is 9.59 Å². The van der Waals surface area contributed by atoms with E-state index in [2.05, 4.69) is 4.98 Å². The maximum Gasteiger partial charge on any atom is 0.320 e. The minimum atomic E-state index is -0.805. The van der Waals surface area contributed by atoms with Crippen molar-refractivity contribution in [1.82, 2.24) is 14.8 Å². The zero-order valence-corrected chi connectivity index (χ0v) is 10.0. The minimum absolute atomic E-state index is 0.0128. The van der Waals surface area contributed by atoms with Crippen LogP contribution in [-0.2, 0) is 4.79 Å². The van der Waals surface area contributed by atoms with Crippen molar-refractivity contribution in [2.24, 2.45) is 5.92 Å². The first kappa shape index (κ1) is 11.1. The summed E-state index contributed by atoms with van der Waals surface area (Å²) in [6.45, 7) is 0.571. The number of likely N-dealkylation sites (N-methyl/N-ethyl adjacent to an activating group) is 1. The number of urea groups is 1. The molecule has 1 aromatic heterocycles. The zero-order chi connectivity index (χ0) is 12.9. The van der Waals surface area contributed by atoms with Crippen molar-refractivity contribution in [3.05, 3.63) is 24.0 Å². The van der Waals surface area contributed by atoms with Gasteiger partial charge in [0.05, 0.1) is 12.0 Å². The first-order chi connectivity index (χ1) is 8.59. The SMILES string of the molecule is CN1C(=O)N(C2CC2C(=O)O)CC1c1cc[nH]c1. The molecule has 2 amide bonds. The van der Waals surface area contributed by atoms with E-state index in [0.717, 1.165) is 5.56 Å². The number of H-pyrrole nitrogens is 1. The maximum atomic E-state index is 12.1. The van der Waals surface area contributed by atoms with Gasteiger partial charge in [0.1, 0.15) is 0 Å². The van der Waals surface area contributed by atoms with E-state index in [0.29, 0.717) is 13.0 Å². The molecule has 3 atom stereocenters. The van der Waals surface area contributed by atoms with Crippen molar-refractivity contribution in [3.63, 3.8) is 0 Å². The third-order valence-corrected chi connectivity index (χ3v) is 3.87. The molecule has 0 radical (unpaired) electrons. The molecule has 96 valence electrons. The first-order valence-electron chi connectivity index (χ1n) is 5.98. The van der Waals surface area contributed by atoms with Crippen LogP contribution in [-0.4, -0.2) is 51.5 Å². The lowest BCUT2D eigenvalue weighted by Crippen LogP contribution is -2.33. The van der Waals surface area contributed by atoms with Gasteiger partial charge in [-0.05, 0) is 18.1 Å². The molecule has 0 aromatic carbocycles. The Labute approximate surface area is 104 Å². The molecule has 3 rings (SSSR count). The molecule has 0 bridgehead atoms. The highest BCUT2D eigenvalue weighted by Gasteiger charge is 2.52. The van der Waals surface area contributed by atoms with E-state index in [-0.39, 0.29) is 24.0 Å². The number of carboxylic acid groups (broad SMARTS) is 1. The summed E-state index contributed by atoms with van der Waals surface area (Å²) >= 11 is 0. The molecule has 6 heteroatoms. The molecule has 3 unspecified atom stereocenters. The van der Waals surface area contributed by atoms with Crippen LogP contribution in [0.2, 0.25) is 0 Å². The zero-order valence-electron chi connectivity index (χ0n) is 10.0. The summed E-state index contributed by atoms with van der Waals surface area (Å²) in [4.78, 5) is 29.3. The summed E-state index contributed by atoms with van der Waals surface area (Å²) in [5.41, 5.74) is 1.06. The van der Waals surface area contributed by atoms with Gasteiger partial charge in [-0.3, -0.25) is 4.79 Å². The summed E-state index contributed by atoms with van der Waals surface area (Å²) in [6, 6.07) is 1.76. The second kappa shape index (κ2) is 3.76. The number of rotatable bonds is 3. The number of aliphatic carboxylic acids is 1. The number of aromatic nitrogens is 1. The van der Waals surface area contributed by atoms with E-state index in [1.807, 2.05) is 18.5 Å². The molecular formula is C12H15N3O3. The Morgan fingerprint density at radius 2 is 2.33 bits per heavy atom. The maximum absolute atomic E-state index is 12.1. The molecule has 18 heavy (non-hydrogen) atoms. The average molecular weight is 249 g/mol. The Morgan fingerprint density at radius 3 is 2.89 bits per heavy atom. The third-order valence-electron chi connectivity index (χ3n) is 3.87. The molecule has 2 N–H and O–H groups in total. The second-order valence-corrected chi connectivity index (χ2v) is 4.95. The van der Waals surface area contributed by atoms with Gasteiger partial charge in [-0.2, -0.15) is 0 Å². The predicted octanol–water partition coefficient (Wildman–Crippen LogP) is 0.896. The highest BCUT2D eigenvalue weighted by Crippen LogP contribution is 2.41. The van der Waals surface area contributed by atoms with Crippen LogP contribution in [0.5, 0.6) is 0 Å². The van der Waals surface area contributed by atoms with Crippen molar-refractivity contribution in [3.8, 4) is 0 Å². The summed E-state index contributed by atoms with van der Waals surface area (Å²) in [6.07, 6.45) is 4.28. The van der Waals surface area contributed by atoms with E-state index in [1.54, 1.807) is 16.8 Å². The third kappa shape index (κ3) is 1.56. The normalized spacial score (nSPS) is 30.9. The van der Waals surface area contributed by atoms with Crippen LogP contribution in [0.4, 0.5) is 4.79 Å². The van der Waals surface area contributed by atoms with Crippen molar-refractivity contribution >= 4 is 12.0 Å². The number of carbonyl (C=O) groups excluding carboxylic acids is 1. The molecule has 2 aliphatic rings. The quantitative estimate of drug-likeness (QED) is 0.835. The lowest BCUT2D eigenvalue weighted by molar-refractivity contribution is -0.138. The molecule has 2 heterocycles. The van der Waals surface area contributed by atoms with Gasteiger partial charge in [0.25, 0.3) is 0 Å². The Bertz CT molecular complexity index is 485. The van der Waals surface area contributed by atoms with E-state index < -0.39 is 5.97 Å². The summed E-state index contributed by atoms with van der Waals surface area (Å²) in [5.74, 6) is -1.19. The largest absolute Gasteiger partial charge is 0.481 e. The number of hydrogen-bond acceptors (Lipinski definition) is 2. The highest BCUT2D eigenvalue weighted by atomic mass is 16.4. The van der Waals surface area contributed by atoms with Crippen molar-refractivity contribution in [2.75, 3.05) is 13.6 Å². The number of nitrogens with zero attached hydrogens (tertiary/aromatic N) is 2. The predicted molar refractivity (Wildman–Crippen MR) is 62.9 cm³/mol. The van der Waals surface area contributed by atoms with Gasteiger partial charge in [0.2, 0.25) is 0 Å². The van der Waals surface area contributed by atoms with Gasteiger partial charge in [-0.1, -0.05) is 0 Å². The van der Waals surface area contributed by atoms with Gasteiger partial charge >= 0.3 is 12.0 Å². The molecule has 1 aliphatic carbocycles. The monoisotopic (exact) mass is 249 g/mol. The smallest absolute Gasteiger partial charge is 0.320 e. The first-order valence-corrected chi connectivity index (χ1v) is 5.98. The Kier molecular flexibility index (Phi) is 2.33. The molecule has 2 fully saturated rings. The summed E-state index contributed by atoms with van der Waals surface area (Å²) in [5, 5.41) is 8.93. The molecular weight excluding hydrogens is 234 g/mol. The summed E-state index contributed by atoms with van der Waals surface area (Å²) in [7, 11) is 1.76. The number of aromatic amines is 1. The molecule has 0 spiro atoms. The molecule has 1 aromatic rings. The fraction of sp³-hybridized carbons (Fsp3) is 0.500. The molecule has 1 saturated carbocycles. The summed E-state index contributed by atoms with van der Waals surface area (Å²) < 4.78 is 0. The van der Waals surface area contributed by atoms with Crippen LogP contribution in [0, 0.1) is 5.92 Å². The van der Waals surface area contributed by atoms with Gasteiger partial charge in [-0.25, -0.2) is 4.79 Å². The number of carboxylic acids is 1. The van der Waals surface area contributed by atoms with Gasteiger partial charge in [0, 0.05) is 32.0 Å². The van der Waals surface area contributed by atoms with E-state index in [4.69, 9.17) is 5.11 Å². The molecule has 6 nitrogen and oxygen atoms in total. The van der Waals surface area contributed by atoms with Gasteiger partial charge < -0.3 is 19.9 Å². The van der Waals surface area contributed by atoms with Crippen molar-refractivity contribution in [1.29, 1.82) is 0 Å². The Morgan fingerprint density at radius 1 is 1.56 bits per heavy atom. The van der Waals surface area contributed by atoms with Crippen LogP contribution in [0.25, 0.3) is 0 Å².